The molecule has 0 bridgehead atoms. The van der Waals surface area contributed by atoms with E-state index in [9.17, 15) is 14.4 Å². The molecular weight excluding hydrogens is 448 g/mol. The predicted octanol–water partition coefficient (Wildman–Crippen LogP) is 7.12. The van der Waals surface area contributed by atoms with Gasteiger partial charge in [-0.1, -0.05) is 67.0 Å². The van der Waals surface area contributed by atoms with E-state index in [1.807, 2.05) is 19.9 Å². The third-order valence-electron chi connectivity index (χ3n) is 11.9. The van der Waals surface area contributed by atoms with E-state index < -0.39 is 5.41 Å². The lowest BCUT2D eigenvalue weighted by molar-refractivity contribution is -0.190. The average Bonchev–Trinajstić information content (AvgIpc) is 2.83. The van der Waals surface area contributed by atoms with Crippen molar-refractivity contribution in [3.63, 3.8) is 0 Å². The van der Waals surface area contributed by atoms with Crippen LogP contribution in [0.2, 0.25) is 0 Å². The lowest BCUT2D eigenvalue weighted by Gasteiger charge is -2.68. The Morgan fingerprint density at radius 2 is 1.56 bits per heavy atom. The summed E-state index contributed by atoms with van der Waals surface area (Å²) in [4.78, 5) is 40.0. The molecule has 0 aliphatic heterocycles. The molecule has 5 aliphatic carbocycles. The first-order chi connectivity index (χ1) is 16.8. The Balaban J connectivity index is 0.00000148. The molecule has 0 aromatic heterocycles. The van der Waals surface area contributed by atoms with Crippen molar-refractivity contribution < 1.29 is 19.1 Å². The van der Waals surface area contributed by atoms with E-state index in [1.165, 1.54) is 12.7 Å². The zero-order valence-electron chi connectivity index (χ0n) is 24.1. The van der Waals surface area contributed by atoms with Crippen molar-refractivity contribution in [2.24, 2.45) is 50.7 Å². The number of fused-ring (bicyclic) bond motifs is 7. The second-order valence-corrected chi connectivity index (χ2v) is 13.8. The van der Waals surface area contributed by atoms with Gasteiger partial charge in [-0.3, -0.25) is 14.4 Å². The van der Waals surface area contributed by atoms with Gasteiger partial charge in [0.2, 0.25) is 0 Å². The smallest absolute Gasteiger partial charge is 0.312 e. The number of methoxy groups -OCH3 is 1. The van der Waals surface area contributed by atoms with Crippen molar-refractivity contribution in [2.75, 3.05) is 7.11 Å². The summed E-state index contributed by atoms with van der Waals surface area (Å²) in [5.41, 5.74) is 0.181. The summed E-state index contributed by atoms with van der Waals surface area (Å²) >= 11 is 0. The number of hydrogen-bond donors (Lipinski definition) is 0. The highest BCUT2D eigenvalue weighted by Gasteiger charge is 2.70. The normalized spacial score (nSPS) is 46.6. The number of ketones is 2. The molecular formula is C32H48O4. The highest BCUT2D eigenvalue weighted by atomic mass is 16.5. The predicted molar refractivity (Wildman–Crippen MR) is 143 cm³/mol. The summed E-state index contributed by atoms with van der Waals surface area (Å²) in [5.74, 6) is 0.370. The minimum absolute atomic E-state index is 0.0116. The molecule has 0 spiro atoms. The molecule has 4 nitrogen and oxygen atoms in total. The van der Waals surface area contributed by atoms with Gasteiger partial charge in [0.25, 0.3) is 0 Å². The molecule has 8 atom stereocenters. The molecule has 0 aromatic rings. The number of carbonyl (C=O) groups excluding carboxylic acids is 3. The Morgan fingerprint density at radius 1 is 0.917 bits per heavy atom. The van der Waals surface area contributed by atoms with Gasteiger partial charge in [-0.2, -0.15) is 0 Å². The standard InChI is InChI=1S/C30H42O4.C2H6/c1-18-19-8-11-28(5)23(27(19,4)10-9-21(18)31)16-22(32)24-20-17-26(2,3)12-14-30(20,25(33)34-7)15-13-29(24,28)6;1-2/h9-10,16,18-20,24H,8,11-15,17H2,1-7H3;1-2H3/t18-,19-,20?,24?,27-,28+,29+,30-;/m0./s1. The molecule has 5 rings (SSSR count). The Hall–Kier alpha value is -1.71. The molecule has 0 N–H and O–H groups in total. The Kier molecular flexibility index (Phi) is 6.58. The van der Waals surface area contributed by atoms with Crippen LogP contribution >= 0.6 is 0 Å². The first-order valence-corrected chi connectivity index (χ1v) is 14.3. The van der Waals surface area contributed by atoms with E-state index in [1.54, 1.807) is 6.08 Å². The van der Waals surface area contributed by atoms with Crippen molar-refractivity contribution >= 4 is 17.5 Å². The molecule has 0 aromatic carbocycles. The summed E-state index contributed by atoms with van der Waals surface area (Å²) in [5, 5.41) is 0. The second-order valence-electron chi connectivity index (χ2n) is 13.8. The van der Waals surface area contributed by atoms with Gasteiger partial charge in [0, 0.05) is 17.3 Å². The van der Waals surface area contributed by atoms with Crippen molar-refractivity contribution in [3.8, 4) is 0 Å². The van der Waals surface area contributed by atoms with Crippen molar-refractivity contribution in [3.05, 3.63) is 23.8 Å². The van der Waals surface area contributed by atoms with Gasteiger partial charge in [-0.15, -0.1) is 0 Å². The fourth-order valence-electron chi connectivity index (χ4n) is 9.56. The van der Waals surface area contributed by atoms with E-state index in [0.29, 0.717) is 0 Å². The minimum Gasteiger partial charge on any atom is -0.469 e. The van der Waals surface area contributed by atoms with Crippen LogP contribution in [0.3, 0.4) is 0 Å². The number of esters is 1. The van der Waals surface area contributed by atoms with Gasteiger partial charge in [0.1, 0.15) is 0 Å². The topological polar surface area (TPSA) is 60.4 Å². The molecule has 2 unspecified atom stereocenters. The molecule has 0 radical (unpaired) electrons. The van der Waals surface area contributed by atoms with Crippen LogP contribution in [-0.2, 0) is 19.1 Å². The largest absolute Gasteiger partial charge is 0.469 e. The fourth-order valence-corrected chi connectivity index (χ4v) is 9.56. The molecule has 36 heavy (non-hydrogen) atoms. The lowest BCUT2D eigenvalue weighted by atomic mass is 9.35. The van der Waals surface area contributed by atoms with Crippen LogP contribution in [0.1, 0.15) is 100 Å². The van der Waals surface area contributed by atoms with Crippen molar-refractivity contribution in [1.29, 1.82) is 0 Å². The van der Waals surface area contributed by atoms with E-state index in [-0.39, 0.29) is 62.9 Å². The molecule has 200 valence electrons. The zero-order valence-corrected chi connectivity index (χ0v) is 24.1. The molecule has 3 fully saturated rings. The third kappa shape index (κ3) is 3.41. The molecule has 4 heteroatoms. The number of rotatable bonds is 1. The first kappa shape index (κ1) is 27.3. The van der Waals surface area contributed by atoms with Crippen LogP contribution < -0.4 is 0 Å². The van der Waals surface area contributed by atoms with Crippen LogP contribution in [-0.4, -0.2) is 24.6 Å². The van der Waals surface area contributed by atoms with Crippen LogP contribution in [0.25, 0.3) is 0 Å². The highest BCUT2D eigenvalue weighted by molar-refractivity contribution is 5.97. The number of carbonyl (C=O) groups is 3. The highest BCUT2D eigenvalue weighted by Crippen LogP contribution is 2.73. The van der Waals surface area contributed by atoms with Gasteiger partial charge in [-0.05, 0) is 85.2 Å². The molecule has 0 heterocycles. The first-order valence-electron chi connectivity index (χ1n) is 14.3. The second kappa shape index (κ2) is 8.67. The Labute approximate surface area is 218 Å². The van der Waals surface area contributed by atoms with Gasteiger partial charge in [-0.25, -0.2) is 0 Å². The van der Waals surface area contributed by atoms with E-state index in [0.717, 1.165) is 44.9 Å². The van der Waals surface area contributed by atoms with Gasteiger partial charge < -0.3 is 4.74 Å². The summed E-state index contributed by atoms with van der Waals surface area (Å²) in [7, 11) is 1.50. The molecule has 5 aliphatic rings. The van der Waals surface area contributed by atoms with E-state index in [4.69, 9.17) is 4.74 Å². The number of hydrogen-bond acceptors (Lipinski definition) is 4. The summed E-state index contributed by atoms with van der Waals surface area (Å²) < 4.78 is 5.40. The minimum atomic E-state index is -0.543. The Morgan fingerprint density at radius 3 is 2.19 bits per heavy atom. The molecule has 0 amide bonds. The maximum absolute atomic E-state index is 14.2. The zero-order chi connectivity index (χ0) is 26.9. The summed E-state index contributed by atoms with van der Waals surface area (Å²) in [6.07, 6.45) is 12.2. The monoisotopic (exact) mass is 496 g/mol. The summed E-state index contributed by atoms with van der Waals surface area (Å²) in [6.45, 7) is 17.6. The maximum Gasteiger partial charge on any atom is 0.312 e. The van der Waals surface area contributed by atoms with E-state index >= 15 is 0 Å². The maximum atomic E-state index is 14.2. The molecule has 3 saturated carbocycles. The third-order valence-corrected chi connectivity index (χ3v) is 11.9. The quantitative estimate of drug-likeness (QED) is 0.363. The number of ether oxygens (including phenoxy) is 1. The van der Waals surface area contributed by atoms with Gasteiger partial charge in [0.15, 0.2) is 11.6 Å². The van der Waals surface area contributed by atoms with Crippen molar-refractivity contribution in [1.82, 2.24) is 0 Å². The lowest BCUT2D eigenvalue weighted by Crippen LogP contribution is -2.65. The van der Waals surface area contributed by atoms with Crippen LogP contribution in [0.4, 0.5) is 0 Å². The average molecular weight is 497 g/mol. The van der Waals surface area contributed by atoms with E-state index in [2.05, 4.69) is 47.6 Å². The molecule has 0 saturated heterocycles. The van der Waals surface area contributed by atoms with Crippen LogP contribution in [0, 0.1) is 50.7 Å². The van der Waals surface area contributed by atoms with Gasteiger partial charge >= 0.3 is 5.97 Å². The van der Waals surface area contributed by atoms with Crippen LogP contribution in [0.5, 0.6) is 0 Å². The fraction of sp³-hybridized carbons (Fsp3) is 0.781. The Bertz CT molecular complexity index is 1020. The van der Waals surface area contributed by atoms with Crippen LogP contribution in [0.15, 0.2) is 23.8 Å². The SMILES string of the molecule is CC.COC(=O)[C@]12CCC(C)(C)CC1C1C(=O)C=C3[C@@]4(C)C=CC(=O)[C@@H](C)[C@@H]4CC[C@@]3(C)[C@]1(C)CC2. The van der Waals surface area contributed by atoms with Gasteiger partial charge in [0.05, 0.1) is 12.5 Å². The number of allylic oxidation sites excluding steroid dienone is 4. The summed E-state index contributed by atoms with van der Waals surface area (Å²) in [6, 6.07) is 0. The van der Waals surface area contributed by atoms with Crippen molar-refractivity contribution in [2.45, 2.75) is 100 Å².